The number of nitrogens with one attached hydrogen (secondary N) is 1. The van der Waals surface area contributed by atoms with Gasteiger partial charge < -0.3 is 25.4 Å². The van der Waals surface area contributed by atoms with E-state index >= 15 is 0 Å². The van der Waals surface area contributed by atoms with Crippen LogP contribution in [0.25, 0.3) is 0 Å². The molecular weight excluding hydrogens is 612 g/mol. The van der Waals surface area contributed by atoms with E-state index in [4.69, 9.17) is 15.2 Å². The summed E-state index contributed by atoms with van der Waals surface area (Å²) in [6, 6.07) is 2.24. The first-order chi connectivity index (χ1) is 18.9. The highest BCUT2D eigenvalue weighted by atomic mass is 79.9. The standard InChI is InChI=1S/C25H30BrF2N7O4S/c1-25(2,3)39-24(37)34-7-4-33(5-8-34)6-9-35-13-16(12-30-35)31-23-20(21(29)36)22(32-40-23)38-14-17-18(27)10-15(26)11-19(17)28/h10-13,31H,4-9,14H2,1-3H3,(H2,29,36). The lowest BCUT2D eigenvalue weighted by molar-refractivity contribution is 0.0142. The summed E-state index contributed by atoms with van der Waals surface area (Å²) in [5, 5.41) is 7.74. The number of halogens is 3. The number of carbonyl (C=O) groups excluding carboxylic acids is 2. The number of piperazine rings is 1. The van der Waals surface area contributed by atoms with Crippen molar-refractivity contribution < 1.29 is 27.8 Å². The van der Waals surface area contributed by atoms with Crippen LogP contribution in [0.5, 0.6) is 5.88 Å². The Bertz CT molecular complexity index is 1350. The maximum Gasteiger partial charge on any atom is 0.410 e. The number of ether oxygens (including phenoxy) is 2. The van der Waals surface area contributed by atoms with Crippen LogP contribution in [0.2, 0.25) is 0 Å². The second-order valence-corrected chi connectivity index (χ2v) is 11.8. The van der Waals surface area contributed by atoms with E-state index in [0.29, 0.717) is 30.3 Å². The quantitative estimate of drug-likeness (QED) is 0.353. The van der Waals surface area contributed by atoms with Gasteiger partial charge in [0.05, 0.1) is 24.0 Å². The van der Waals surface area contributed by atoms with E-state index in [-0.39, 0.29) is 27.6 Å². The molecule has 0 aliphatic carbocycles. The van der Waals surface area contributed by atoms with Gasteiger partial charge in [-0.3, -0.25) is 14.4 Å². The Labute approximate surface area is 242 Å². The maximum atomic E-state index is 14.1. The zero-order valence-electron chi connectivity index (χ0n) is 22.2. The van der Waals surface area contributed by atoms with Crippen LogP contribution < -0.4 is 15.8 Å². The number of nitrogens with two attached hydrogens (primary N) is 1. The highest BCUT2D eigenvalue weighted by molar-refractivity contribution is 9.10. The van der Waals surface area contributed by atoms with Crippen LogP contribution in [0.4, 0.5) is 24.3 Å². The number of anilines is 2. The smallest absolute Gasteiger partial charge is 0.410 e. The number of carbonyl (C=O) groups is 2. The minimum Gasteiger partial charge on any atom is -0.471 e. The summed E-state index contributed by atoms with van der Waals surface area (Å²) in [6.07, 6.45) is 3.07. The van der Waals surface area contributed by atoms with Crippen molar-refractivity contribution >= 4 is 50.2 Å². The highest BCUT2D eigenvalue weighted by Crippen LogP contribution is 2.33. The minimum absolute atomic E-state index is 0.0291. The molecule has 3 aromatic rings. The lowest BCUT2D eigenvalue weighted by atomic mass is 10.2. The van der Waals surface area contributed by atoms with Gasteiger partial charge in [-0.2, -0.15) is 9.47 Å². The van der Waals surface area contributed by atoms with Crippen LogP contribution in [-0.2, 0) is 17.9 Å². The van der Waals surface area contributed by atoms with Crippen LogP contribution >= 0.6 is 27.5 Å². The molecule has 0 radical (unpaired) electrons. The highest BCUT2D eigenvalue weighted by Gasteiger charge is 2.26. The van der Waals surface area contributed by atoms with Gasteiger partial charge in [0.1, 0.15) is 34.4 Å². The average Bonchev–Trinajstić information content (AvgIpc) is 3.48. The van der Waals surface area contributed by atoms with Crippen LogP contribution in [0.1, 0.15) is 36.7 Å². The molecule has 1 fully saturated rings. The number of aromatic nitrogens is 3. The fourth-order valence-electron chi connectivity index (χ4n) is 3.93. The molecule has 0 saturated carbocycles. The summed E-state index contributed by atoms with van der Waals surface area (Å²) >= 11 is 3.95. The molecule has 1 aliphatic heterocycles. The number of hydrogen-bond acceptors (Lipinski definition) is 9. The molecule has 1 saturated heterocycles. The van der Waals surface area contributed by atoms with Crippen LogP contribution in [0, 0.1) is 11.6 Å². The van der Waals surface area contributed by atoms with Crippen molar-refractivity contribution in [2.45, 2.75) is 39.5 Å². The number of primary amides is 1. The first-order valence-electron chi connectivity index (χ1n) is 12.4. The topological polar surface area (TPSA) is 128 Å². The van der Waals surface area contributed by atoms with Gasteiger partial charge in [-0.15, -0.1) is 0 Å². The van der Waals surface area contributed by atoms with E-state index in [1.165, 1.54) is 0 Å². The monoisotopic (exact) mass is 641 g/mol. The summed E-state index contributed by atoms with van der Waals surface area (Å²) in [5.74, 6) is -2.52. The molecule has 0 unspecified atom stereocenters. The molecule has 2 aromatic heterocycles. The summed E-state index contributed by atoms with van der Waals surface area (Å²) in [6.45, 7) is 9.05. The minimum atomic E-state index is -0.805. The summed E-state index contributed by atoms with van der Waals surface area (Å²) in [4.78, 5) is 28.4. The van der Waals surface area contributed by atoms with E-state index in [9.17, 15) is 18.4 Å². The fourth-order valence-corrected chi connectivity index (χ4v) is 5.10. The molecular formula is C25H30BrF2N7O4S. The molecule has 15 heteroatoms. The summed E-state index contributed by atoms with van der Waals surface area (Å²) in [7, 11) is 0. The van der Waals surface area contributed by atoms with Gasteiger partial charge in [-0.1, -0.05) is 15.9 Å². The Balaban J connectivity index is 1.31. The van der Waals surface area contributed by atoms with Crippen molar-refractivity contribution in [2.24, 2.45) is 5.73 Å². The van der Waals surface area contributed by atoms with Gasteiger partial charge in [-0.05, 0) is 44.4 Å². The second-order valence-electron chi connectivity index (χ2n) is 10.1. The normalized spacial score (nSPS) is 14.3. The first kappa shape index (κ1) is 29.7. The number of nitrogens with zero attached hydrogens (tertiary/aromatic N) is 5. The third-order valence-electron chi connectivity index (χ3n) is 5.93. The molecule has 11 nitrogen and oxygen atoms in total. The van der Waals surface area contributed by atoms with Gasteiger partial charge >= 0.3 is 6.09 Å². The number of hydrogen-bond donors (Lipinski definition) is 2. The molecule has 40 heavy (non-hydrogen) atoms. The molecule has 0 bridgehead atoms. The molecule has 1 aliphatic rings. The fraction of sp³-hybridized carbons (Fsp3) is 0.440. The Morgan fingerprint density at radius 2 is 1.82 bits per heavy atom. The SMILES string of the molecule is CC(C)(C)OC(=O)N1CCN(CCn2cc(Nc3snc(OCc4c(F)cc(Br)cc4F)c3C(N)=O)cn2)CC1. The Hall–Kier alpha value is -3.30. The van der Waals surface area contributed by atoms with E-state index in [1.54, 1.807) is 22.0 Å². The molecule has 0 spiro atoms. The predicted octanol–water partition coefficient (Wildman–Crippen LogP) is 4.35. The third kappa shape index (κ3) is 7.67. The van der Waals surface area contributed by atoms with E-state index in [2.05, 4.69) is 35.6 Å². The predicted molar refractivity (Wildman–Crippen MR) is 149 cm³/mol. The molecule has 0 atom stereocenters. The van der Waals surface area contributed by atoms with Crippen molar-refractivity contribution in [3.8, 4) is 5.88 Å². The molecule has 3 N–H and O–H groups in total. The Morgan fingerprint density at radius 1 is 1.15 bits per heavy atom. The van der Waals surface area contributed by atoms with E-state index in [1.807, 2.05) is 20.8 Å². The Morgan fingerprint density at radius 3 is 2.45 bits per heavy atom. The summed E-state index contributed by atoms with van der Waals surface area (Å²) < 4.78 is 45.3. The van der Waals surface area contributed by atoms with Crippen LogP contribution in [0.3, 0.4) is 0 Å². The molecule has 4 rings (SSSR count). The lowest BCUT2D eigenvalue weighted by Crippen LogP contribution is -2.50. The van der Waals surface area contributed by atoms with E-state index in [0.717, 1.165) is 43.3 Å². The maximum absolute atomic E-state index is 14.1. The van der Waals surface area contributed by atoms with Gasteiger partial charge in [-0.25, -0.2) is 13.6 Å². The zero-order chi connectivity index (χ0) is 29.0. The zero-order valence-corrected chi connectivity index (χ0v) is 24.7. The van der Waals surface area contributed by atoms with Gasteiger partial charge in [0, 0.05) is 43.4 Å². The number of amides is 2. The number of benzene rings is 1. The van der Waals surface area contributed by atoms with Gasteiger partial charge in [0.15, 0.2) is 0 Å². The van der Waals surface area contributed by atoms with Crippen LogP contribution in [0.15, 0.2) is 29.0 Å². The first-order valence-corrected chi connectivity index (χ1v) is 14.0. The second kappa shape index (κ2) is 12.5. The molecule has 3 heterocycles. The van der Waals surface area contributed by atoms with Crippen molar-refractivity contribution in [1.29, 1.82) is 0 Å². The molecule has 1 aromatic carbocycles. The van der Waals surface area contributed by atoms with E-state index < -0.39 is 29.7 Å². The Kier molecular flexibility index (Phi) is 9.26. The molecule has 2 amide bonds. The van der Waals surface area contributed by atoms with Gasteiger partial charge in [0.2, 0.25) is 5.88 Å². The van der Waals surface area contributed by atoms with Crippen molar-refractivity contribution in [2.75, 3.05) is 38.0 Å². The summed E-state index contributed by atoms with van der Waals surface area (Å²) in [5.41, 5.74) is 5.30. The largest absolute Gasteiger partial charge is 0.471 e. The van der Waals surface area contributed by atoms with Gasteiger partial charge in [0.25, 0.3) is 5.91 Å². The van der Waals surface area contributed by atoms with Crippen molar-refractivity contribution in [3.05, 3.63) is 51.8 Å². The number of rotatable bonds is 9. The van der Waals surface area contributed by atoms with Crippen molar-refractivity contribution in [3.63, 3.8) is 0 Å². The van der Waals surface area contributed by atoms with Crippen LogP contribution in [-0.4, -0.2) is 74.3 Å². The lowest BCUT2D eigenvalue weighted by Gasteiger charge is -2.35. The average molecular weight is 643 g/mol. The molecule has 216 valence electrons. The third-order valence-corrected chi connectivity index (χ3v) is 7.13. The van der Waals surface area contributed by atoms with Crippen molar-refractivity contribution in [1.82, 2.24) is 24.0 Å².